The number of ether oxygens (including phenoxy) is 2. The van der Waals surface area contributed by atoms with Gasteiger partial charge in [-0.1, -0.05) is 0 Å². The minimum absolute atomic E-state index is 0.0586. The van der Waals surface area contributed by atoms with Crippen molar-refractivity contribution in [2.24, 2.45) is 17.4 Å². The number of carboxylic acid groups (broad SMARTS) is 1. The molecule has 0 saturated carbocycles. The number of nitrogens with zero attached hydrogens (tertiary/aromatic N) is 1. The third-order valence-electron chi connectivity index (χ3n) is 5.83. The lowest BCUT2D eigenvalue weighted by Crippen LogP contribution is -2.55. The number of carboxylic acids is 1. The second-order valence-corrected chi connectivity index (χ2v) is 7.47. The minimum atomic E-state index is -1.23. The number of carbonyl (C=O) groups is 4. The van der Waals surface area contributed by atoms with Gasteiger partial charge in [-0.05, 0) is 13.8 Å². The molecule has 3 heterocycles. The van der Waals surface area contributed by atoms with Crippen LogP contribution >= 0.6 is 0 Å². The molecule has 4 rings (SSSR count). The number of nitrogens with two attached hydrogens (primary N) is 2. The number of nitrogens with one attached hydrogen (secondary N) is 1. The highest BCUT2D eigenvalue weighted by Crippen LogP contribution is 2.55. The van der Waals surface area contributed by atoms with Gasteiger partial charge in [-0.25, -0.2) is 9.59 Å². The van der Waals surface area contributed by atoms with Crippen LogP contribution in [0.1, 0.15) is 13.8 Å². The third kappa shape index (κ3) is 3.04. The molecular weight excluding hydrogens is 400 g/mol. The molecule has 1 aliphatic carbocycles. The highest BCUT2D eigenvalue weighted by atomic mass is 16.6. The highest BCUT2D eigenvalue weighted by Gasteiger charge is 2.72. The van der Waals surface area contributed by atoms with E-state index < -0.39 is 35.6 Å². The summed E-state index contributed by atoms with van der Waals surface area (Å²) in [6, 6.07) is 0.109. The standard InChI is InChI=1S/C15H18N4O5.C3H6O3/c1-5-9(16)12(21)8-6(4-24-14(17)22)15(23-2)13-7(18-13)3-19(15)10(8)11(5)20;1-2(4)3(5)6/h6-7,13,18H,3-4,16H2,1-2H3,(H2,17,22);2,4H,1H3,(H,5,6). The van der Waals surface area contributed by atoms with Crippen molar-refractivity contribution in [3.8, 4) is 0 Å². The van der Waals surface area contributed by atoms with Gasteiger partial charge >= 0.3 is 12.1 Å². The van der Waals surface area contributed by atoms with Crippen molar-refractivity contribution in [1.29, 1.82) is 0 Å². The maximum absolute atomic E-state index is 12.8. The van der Waals surface area contributed by atoms with Crippen LogP contribution in [0, 0.1) is 5.92 Å². The van der Waals surface area contributed by atoms with E-state index in [1.807, 2.05) is 4.90 Å². The number of rotatable bonds is 4. The van der Waals surface area contributed by atoms with Crippen molar-refractivity contribution < 1.29 is 38.9 Å². The van der Waals surface area contributed by atoms with E-state index in [2.05, 4.69) is 5.32 Å². The topological polar surface area (TPSA) is 204 Å². The van der Waals surface area contributed by atoms with Gasteiger partial charge in [-0.2, -0.15) is 0 Å². The van der Waals surface area contributed by atoms with Gasteiger partial charge in [-0.15, -0.1) is 0 Å². The molecule has 3 aliphatic heterocycles. The van der Waals surface area contributed by atoms with Gasteiger partial charge in [0.05, 0.1) is 23.4 Å². The number of Topliss-reactive ketones (excluding diaryl/α,β-unsaturated/α-hetero) is 2. The molecule has 0 radical (unpaired) electrons. The number of hydrogen-bond acceptors (Lipinski definition) is 10. The number of methoxy groups -OCH3 is 1. The molecule has 7 N–H and O–H groups in total. The van der Waals surface area contributed by atoms with Crippen molar-refractivity contribution in [2.45, 2.75) is 37.8 Å². The number of amides is 1. The number of ketones is 2. The van der Waals surface area contributed by atoms with E-state index in [0.29, 0.717) is 12.2 Å². The number of aliphatic hydroxyl groups is 1. The predicted octanol–water partition coefficient (Wildman–Crippen LogP) is -2.20. The first-order valence-electron chi connectivity index (χ1n) is 9.20. The van der Waals surface area contributed by atoms with Crippen LogP contribution in [0.25, 0.3) is 0 Å². The molecule has 12 heteroatoms. The van der Waals surface area contributed by atoms with Gasteiger partial charge in [0.15, 0.2) is 5.72 Å². The first-order valence-corrected chi connectivity index (χ1v) is 9.20. The molecule has 5 atom stereocenters. The van der Waals surface area contributed by atoms with Crippen molar-refractivity contribution >= 4 is 23.6 Å². The third-order valence-corrected chi connectivity index (χ3v) is 5.83. The summed E-state index contributed by atoms with van der Waals surface area (Å²) >= 11 is 0. The van der Waals surface area contributed by atoms with Crippen LogP contribution in [-0.2, 0) is 23.9 Å². The summed E-state index contributed by atoms with van der Waals surface area (Å²) in [6.45, 7) is 3.11. The van der Waals surface area contributed by atoms with E-state index in [1.165, 1.54) is 21.0 Å². The zero-order valence-corrected chi connectivity index (χ0v) is 16.7. The molecule has 2 saturated heterocycles. The molecule has 0 aromatic rings. The van der Waals surface area contributed by atoms with Crippen LogP contribution < -0.4 is 16.8 Å². The van der Waals surface area contributed by atoms with Gasteiger partial charge in [0.1, 0.15) is 12.7 Å². The first-order chi connectivity index (χ1) is 14.0. The Morgan fingerprint density at radius 1 is 1.37 bits per heavy atom. The molecule has 0 spiro atoms. The van der Waals surface area contributed by atoms with Gasteiger partial charge < -0.3 is 41.4 Å². The van der Waals surface area contributed by atoms with Crippen LogP contribution in [0.3, 0.4) is 0 Å². The fourth-order valence-electron chi connectivity index (χ4n) is 4.31. The second kappa shape index (κ2) is 7.38. The summed E-state index contributed by atoms with van der Waals surface area (Å²) in [4.78, 5) is 47.9. The van der Waals surface area contributed by atoms with Crippen LogP contribution in [0.2, 0.25) is 0 Å². The fourth-order valence-corrected chi connectivity index (χ4v) is 4.31. The van der Waals surface area contributed by atoms with E-state index in [1.54, 1.807) is 0 Å². The average Bonchev–Trinajstić information content (AvgIpc) is 3.29. The minimum Gasteiger partial charge on any atom is -0.479 e. The first kappa shape index (κ1) is 21.7. The van der Waals surface area contributed by atoms with E-state index in [-0.39, 0.29) is 41.3 Å². The van der Waals surface area contributed by atoms with Gasteiger partial charge in [0.2, 0.25) is 11.6 Å². The summed E-state index contributed by atoms with van der Waals surface area (Å²) in [5, 5.41) is 19.0. The number of primary amides is 1. The fraction of sp³-hybridized carbons (Fsp3) is 0.556. The molecule has 4 aliphatic rings. The Kier molecular flexibility index (Phi) is 5.35. The molecule has 5 unspecified atom stereocenters. The van der Waals surface area contributed by atoms with Crippen LogP contribution in [-0.4, -0.2) is 82.9 Å². The molecule has 0 aromatic heterocycles. The average molecular weight is 424 g/mol. The lowest BCUT2D eigenvalue weighted by molar-refractivity contribution is -0.145. The Labute approximate surface area is 171 Å². The number of hydrogen-bond donors (Lipinski definition) is 5. The Hall–Kier alpha value is -2.96. The maximum atomic E-state index is 12.8. The van der Waals surface area contributed by atoms with Gasteiger partial charge in [-0.3, -0.25) is 9.59 Å². The summed E-state index contributed by atoms with van der Waals surface area (Å²) in [5.74, 6) is -2.53. The van der Waals surface area contributed by atoms with Crippen LogP contribution in [0.4, 0.5) is 4.79 Å². The molecule has 1 amide bonds. The molecule has 164 valence electrons. The largest absolute Gasteiger partial charge is 0.479 e. The van der Waals surface area contributed by atoms with Gasteiger partial charge in [0, 0.05) is 30.8 Å². The lowest BCUT2D eigenvalue weighted by atomic mass is 9.82. The quantitative estimate of drug-likeness (QED) is 0.242. The van der Waals surface area contributed by atoms with Crippen LogP contribution in [0.5, 0.6) is 0 Å². The van der Waals surface area contributed by atoms with Crippen molar-refractivity contribution in [3.63, 3.8) is 0 Å². The van der Waals surface area contributed by atoms with E-state index in [0.717, 1.165) is 0 Å². The summed E-state index contributed by atoms with van der Waals surface area (Å²) in [6.07, 6.45) is -2.18. The lowest BCUT2D eigenvalue weighted by Gasteiger charge is -2.39. The normalized spacial score (nSPS) is 32.1. The molecule has 30 heavy (non-hydrogen) atoms. The van der Waals surface area contributed by atoms with Crippen molar-refractivity contribution in [2.75, 3.05) is 20.3 Å². The summed E-state index contributed by atoms with van der Waals surface area (Å²) in [7, 11) is 1.52. The number of fused-ring (bicyclic) bond motifs is 4. The van der Waals surface area contributed by atoms with Crippen LogP contribution in [0.15, 0.2) is 22.5 Å². The summed E-state index contributed by atoms with van der Waals surface area (Å²) in [5.41, 5.74) is 10.7. The predicted molar refractivity (Wildman–Crippen MR) is 99.4 cm³/mol. The van der Waals surface area contributed by atoms with Crippen molar-refractivity contribution in [1.82, 2.24) is 10.2 Å². The smallest absolute Gasteiger partial charge is 0.404 e. The molecule has 0 aromatic carbocycles. The Morgan fingerprint density at radius 3 is 2.47 bits per heavy atom. The number of allylic oxidation sites excluding steroid dienone is 2. The number of aliphatic hydroxyl groups excluding tert-OH is 1. The monoisotopic (exact) mass is 424 g/mol. The van der Waals surface area contributed by atoms with E-state index >= 15 is 0 Å². The molecule has 2 fully saturated rings. The maximum Gasteiger partial charge on any atom is 0.404 e. The van der Waals surface area contributed by atoms with E-state index in [9.17, 15) is 19.2 Å². The Bertz CT molecular complexity index is 895. The van der Waals surface area contributed by atoms with Crippen molar-refractivity contribution in [3.05, 3.63) is 22.5 Å². The second-order valence-electron chi connectivity index (χ2n) is 7.47. The number of aliphatic carboxylic acids is 1. The number of carbonyl (C=O) groups excluding carboxylic acids is 3. The van der Waals surface area contributed by atoms with Gasteiger partial charge in [0.25, 0.3) is 0 Å². The zero-order valence-electron chi connectivity index (χ0n) is 16.7. The van der Waals surface area contributed by atoms with E-state index in [4.69, 9.17) is 31.2 Å². The zero-order chi connectivity index (χ0) is 22.5. The Morgan fingerprint density at radius 2 is 1.97 bits per heavy atom. The molecule has 0 bridgehead atoms. The SMILES string of the molecule is CC(O)C(=O)O.COC12C(COC(N)=O)C3=C(C(=O)C(C)=C(N)C3=O)N1CC1NC12. The Balaban J connectivity index is 0.000000377. The summed E-state index contributed by atoms with van der Waals surface area (Å²) < 4.78 is 10.8. The highest BCUT2D eigenvalue weighted by molar-refractivity contribution is 6.25. The molecule has 12 nitrogen and oxygen atoms in total. The number of piperazine rings is 1. The molecular formula is C18H24N4O8.